The van der Waals surface area contributed by atoms with Gasteiger partial charge < -0.3 is 4.90 Å². The smallest absolute Gasteiger partial charge is 0.254 e. The molecular formula is C21H27N3O. The molecule has 0 N–H and O–H groups in total. The summed E-state index contributed by atoms with van der Waals surface area (Å²) in [6, 6.07) is 10.5. The van der Waals surface area contributed by atoms with Crippen molar-refractivity contribution in [3.05, 3.63) is 47.3 Å². The lowest BCUT2D eigenvalue weighted by Gasteiger charge is -2.44. The molecule has 4 rings (SSSR count). The van der Waals surface area contributed by atoms with E-state index in [1.54, 1.807) is 0 Å². The molecule has 2 heterocycles. The zero-order valence-electron chi connectivity index (χ0n) is 15.2. The van der Waals surface area contributed by atoms with Gasteiger partial charge in [0.1, 0.15) is 0 Å². The van der Waals surface area contributed by atoms with Gasteiger partial charge >= 0.3 is 0 Å². The molecule has 0 spiro atoms. The van der Waals surface area contributed by atoms with Crippen LogP contribution in [0.4, 0.5) is 0 Å². The van der Waals surface area contributed by atoms with Crippen LogP contribution in [0, 0.1) is 19.8 Å². The number of fused-ring (bicyclic) bond motifs is 1. The summed E-state index contributed by atoms with van der Waals surface area (Å²) in [5, 5.41) is 4.52. The summed E-state index contributed by atoms with van der Waals surface area (Å²) in [6.45, 7) is 4.97. The molecule has 1 aliphatic heterocycles. The Morgan fingerprint density at radius 1 is 1.04 bits per heavy atom. The van der Waals surface area contributed by atoms with Crippen molar-refractivity contribution in [3.8, 4) is 5.69 Å². The highest BCUT2D eigenvalue weighted by Crippen LogP contribution is 2.36. The topological polar surface area (TPSA) is 38.1 Å². The van der Waals surface area contributed by atoms with E-state index in [2.05, 4.69) is 23.0 Å². The Hall–Kier alpha value is -2.10. The summed E-state index contributed by atoms with van der Waals surface area (Å²) >= 11 is 0. The van der Waals surface area contributed by atoms with Crippen molar-refractivity contribution in [1.29, 1.82) is 0 Å². The second kappa shape index (κ2) is 6.66. The minimum Gasteiger partial charge on any atom is -0.335 e. The van der Waals surface area contributed by atoms with Crippen LogP contribution in [0.25, 0.3) is 5.69 Å². The molecule has 1 saturated heterocycles. The van der Waals surface area contributed by atoms with Gasteiger partial charge in [-0.1, -0.05) is 12.8 Å². The summed E-state index contributed by atoms with van der Waals surface area (Å²) in [7, 11) is 0. The quantitative estimate of drug-likeness (QED) is 0.820. The molecule has 1 saturated carbocycles. The van der Waals surface area contributed by atoms with Crippen molar-refractivity contribution in [2.24, 2.45) is 5.92 Å². The third-order valence-corrected chi connectivity index (χ3v) is 5.87. The van der Waals surface area contributed by atoms with Crippen LogP contribution in [-0.4, -0.2) is 33.2 Å². The van der Waals surface area contributed by atoms with E-state index in [0.717, 1.165) is 41.5 Å². The first-order valence-corrected chi connectivity index (χ1v) is 9.58. The van der Waals surface area contributed by atoms with Crippen molar-refractivity contribution in [3.63, 3.8) is 0 Å². The van der Waals surface area contributed by atoms with E-state index in [0.29, 0.717) is 6.04 Å². The lowest BCUT2D eigenvalue weighted by atomic mass is 9.78. The van der Waals surface area contributed by atoms with E-state index >= 15 is 0 Å². The molecule has 0 radical (unpaired) electrons. The van der Waals surface area contributed by atoms with Crippen LogP contribution in [-0.2, 0) is 0 Å². The normalized spacial score (nSPS) is 23.4. The van der Waals surface area contributed by atoms with Gasteiger partial charge in [0.2, 0.25) is 0 Å². The van der Waals surface area contributed by atoms with E-state index < -0.39 is 0 Å². The first-order chi connectivity index (χ1) is 12.1. The van der Waals surface area contributed by atoms with Gasteiger partial charge in [0, 0.05) is 23.8 Å². The summed E-state index contributed by atoms with van der Waals surface area (Å²) < 4.78 is 1.93. The minimum atomic E-state index is 0.205. The average Bonchev–Trinajstić information content (AvgIpc) is 2.99. The first-order valence-electron chi connectivity index (χ1n) is 9.58. The summed E-state index contributed by atoms with van der Waals surface area (Å²) in [4.78, 5) is 15.2. The SMILES string of the molecule is Cc1cc(C)n(-c2ccc(C(=O)N3CCCC4CCCCC43)cc2)n1. The van der Waals surface area contributed by atoms with Crippen molar-refractivity contribution in [2.75, 3.05) is 6.54 Å². The predicted octanol–water partition coefficient (Wildman–Crippen LogP) is 4.28. The highest BCUT2D eigenvalue weighted by molar-refractivity contribution is 5.94. The van der Waals surface area contributed by atoms with Gasteiger partial charge in [0.25, 0.3) is 5.91 Å². The fourth-order valence-electron chi connectivity index (χ4n) is 4.68. The minimum absolute atomic E-state index is 0.205. The molecular weight excluding hydrogens is 310 g/mol. The number of benzene rings is 1. The standard InChI is InChI=1S/C21H27N3O/c1-15-14-16(2)24(22-15)19-11-9-18(10-12-19)21(25)23-13-5-7-17-6-3-4-8-20(17)23/h9-12,14,17,20H,3-8,13H2,1-2H3. The third kappa shape index (κ3) is 3.10. The molecule has 2 atom stereocenters. The van der Waals surface area contributed by atoms with E-state index in [1.807, 2.05) is 35.9 Å². The monoisotopic (exact) mass is 337 g/mol. The molecule has 1 aliphatic carbocycles. The van der Waals surface area contributed by atoms with Crippen molar-refractivity contribution in [1.82, 2.24) is 14.7 Å². The lowest BCUT2D eigenvalue weighted by Crippen LogP contribution is -2.49. The Balaban J connectivity index is 1.55. The highest BCUT2D eigenvalue weighted by Gasteiger charge is 2.35. The van der Waals surface area contributed by atoms with Crippen molar-refractivity contribution >= 4 is 5.91 Å². The number of carbonyl (C=O) groups excluding carboxylic acids is 1. The maximum atomic E-state index is 13.1. The molecule has 4 nitrogen and oxygen atoms in total. The maximum absolute atomic E-state index is 13.1. The molecule has 2 aliphatic rings. The van der Waals surface area contributed by atoms with Crippen LogP contribution in [0.1, 0.15) is 60.3 Å². The zero-order chi connectivity index (χ0) is 17.4. The third-order valence-electron chi connectivity index (χ3n) is 5.87. The molecule has 1 amide bonds. The lowest BCUT2D eigenvalue weighted by molar-refractivity contribution is 0.0390. The molecule has 1 aromatic heterocycles. The van der Waals surface area contributed by atoms with Crippen LogP contribution in [0.15, 0.2) is 30.3 Å². The zero-order valence-corrected chi connectivity index (χ0v) is 15.2. The Morgan fingerprint density at radius 3 is 2.48 bits per heavy atom. The molecule has 0 bridgehead atoms. The number of hydrogen-bond acceptors (Lipinski definition) is 2. The van der Waals surface area contributed by atoms with Gasteiger partial charge in [-0.2, -0.15) is 5.10 Å². The maximum Gasteiger partial charge on any atom is 0.254 e. The number of amides is 1. The predicted molar refractivity (Wildman–Crippen MR) is 99.1 cm³/mol. The number of piperidine rings is 1. The van der Waals surface area contributed by atoms with E-state index in [-0.39, 0.29) is 5.91 Å². The van der Waals surface area contributed by atoms with Crippen molar-refractivity contribution in [2.45, 2.75) is 58.4 Å². The van der Waals surface area contributed by atoms with Gasteiger partial charge in [0.05, 0.1) is 11.4 Å². The molecule has 4 heteroatoms. The molecule has 2 fully saturated rings. The highest BCUT2D eigenvalue weighted by atomic mass is 16.2. The number of nitrogens with zero attached hydrogens (tertiary/aromatic N) is 3. The van der Waals surface area contributed by atoms with E-state index in [9.17, 15) is 4.79 Å². The average molecular weight is 337 g/mol. The van der Waals surface area contributed by atoms with Gasteiger partial charge in [-0.25, -0.2) is 4.68 Å². The summed E-state index contributed by atoms with van der Waals surface area (Å²) in [5.74, 6) is 0.928. The second-order valence-corrected chi connectivity index (χ2v) is 7.64. The van der Waals surface area contributed by atoms with Crippen LogP contribution < -0.4 is 0 Å². The van der Waals surface area contributed by atoms with Crippen LogP contribution >= 0.6 is 0 Å². The molecule has 2 aromatic rings. The van der Waals surface area contributed by atoms with Crippen LogP contribution in [0.3, 0.4) is 0 Å². The number of likely N-dealkylation sites (tertiary alicyclic amines) is 1. The van der Waals surface area contributed by atoms with E-state index in [4.69, 9.17) is 0 Å². The second-order valence-electron chi connectivity index (χ2n) is 7.64. The Bertz CT molecular complexity index is 760. The van der Waals surface area contributed by atoms with Crippen molar-refractivity contribution < 1.29 is 4.79 Å². The molecule has 2 unspecified atom stereocenters. The van der Waals surface area contributed by atoms with Gasteiger partial charge in [-0.05, 0) is 75.8 Å². The van der Waals surface area contributed by atoms with E-state index in [1.165, 1.54) is 32.1 Å². The number of aromatic nitrogens is 2. The first kappa shape index (κ1) is 16.4. The van der Waals surface area contributed by atoms with Gasteiger partial charge in [0.15, 0.2) is 0 Å². The summed E-state index contributed by atoms with van der Waals surface area (Å²) in [5.41, 5.74) is 3.93. The fraction of sp³-hybridized carbons (Fsp3) is 0.524. The largest absolute Gasteiger partial charge is 0.335 e. The molecule has 1 aromatic carbocycles. The van der Waals surface area contributed by atoms with Gasteiger partial charge in [-0.3, -0.25) is 4.79 Å². The Kier molecular flexibility index (Phi) is 4.36. The number of aryl methyl sites for hydroxylation is 2. The number of carbonyl (C=O) groups is 1. The Labute approximate surface area is 149 Å². The number of hydrogen-bond donors (Lipinski definition) is 0. The Morgan fingerprint density at radius 2 is 1.76 bits per heavy atom. The van der Waals surface area contributed by atoms with Crippen LogP contribution in [0.2, 0.25) is 0 Å². The number of rotatable bonds is 2. The molecule has 132 valence electrons. The molecule has 25 heavy (non-hydrogen) atoms. The van der Waals surface area contributed by atoms with Crippen LogP contribution in [0.5, 0.6) is 0 Å². The van der Waals surface area contributed by atoms with Gasteiger partial charge in [-0.15, -0.1) is 0 Å². The fourth-order valence-corrected chi connectivity index (χ4v) is 4.68. The summed E-state index contributed by atoms with van der Waals surface area (Å²) in [6.07, 6.45) is 7.52.